The Hall–Kier alpha value is -2.02. The first-order valence-corrected chi connectivity index (χ1v) is 14.6. The second-order valence-electron chi connectivity index (χ2n) is 7.26. The number of ether oxygens (including phenoxy) is 1. The van der Waals surface area contributed by atoms with Gasteiger partial charge < -0.3 is 5.32 Å². The number of anilines is 2. The van der Waals surface area contributed by atoms with Crippen LogP contribution in [0.3, 0.4) is 0 Å². The first kappa shape index (κ1) is 21.8. The van der Waals surface area contributed by atoms with Gasteiger partial charge in [-0.3, -0.25) is 4.79 Å². The van der Waals surface area contributed by atoms with E-state index in [-0.39, 0.29) is 44.1 Å². The van der Waals surface area contributed by atoms with Gasteiger partial charge in [0.05, 0.1) is 5.41 Å². The first-order chi connectivity index (χ1) is 15.3. The van der Waals surface area contributed by atoms with E-state index in [0.29, 0.717) is 24.1 Å². The minimum atomic E-state index is -0.815. The van der Waals surface area contributed by atoms with Crippen molar-refractivity contribution in [3.63, 3.8) is 0 Å². The van der Waals surface area contributed by atoms with Crippen molar-refractivity contribution in [3.8, 4) is 11.5 Å². The molecule has 0 radical (unpaired) electrons. The molecular formula is C20H12Cl2FIN3O4S-. The maximum atomic E-state index is 15.2. The molecule has 0 unspecified atom stereocenters. The summed E-state index contributed by atoms with van der Waals surface area (Å²) in [7, 11) is 1.16. The van der Waals surface area contributed by atoms with E-state index in [9.17, 15) is 14.4 Å². The third-order valence-electron chi connectivity index (χ3n) is 5.24. The molecular weight excluding hydrogens is 595 g/mol. The fraction of sp³-hybridized carbons (Fsp3) is 0.150. The standard InChI is InChI=1S/C20H12Cl2FIN3O4S/c21-9-5-8(25-17(28)12-7-24-32-19(30)27-12)6-10(22)16(9)31-13-2-1-11-14(15(13)23)20(3-4-20)18(29)26-11/h1-2,5-7H,3-4H2,(H,25,28)(H,26,29)(H,27,30)/q-1. The molecule has 12 heteroatoms. The Bertz CT molecular complexity index is 1230. The number of hydrogen-bond donors (Lipinski definition) is 3. The van der Waals surface area contributed by atoms with Crippen LogP contribution >= 0.6 is 32.1 Å². The van der Waals surface area contributed by atoms with Gasteiger partial charge in [0.25, 0.3) is 0 Å². The van der Waals surface area contributed by atoms with Gasteiger partial charge in [0.15, 0.2) is 0 Å². The molecule has 1 fully saturated rings. The number of amides is 3. The number of carbonyl (C=O) groups excluding carboxylic acids is 3. The molecule has 2 aliphatic heterocycles. The van der Waals surface area contributed by atoms with Crippen molar-refractivity contribution in [2.75, 3.05) is 10.6 Å². The van der Waals surface area contributed by atoms with Crippen molar-refractivity contribution >= 4 is 60.6 Å². The third kappa shape index (κ3) is 3.72. The summed E-state index contributed by atoms with van der Waals surface area (Å²) in [6.45, 7) is 0. The second kappa shape index (κ2) is 8.08. The number of carbonyl (C=O) groups is 3. The fourth-order valence-electron chi connectivity index (χ4n) is 3.57. The molecule has 0 atom stereocenters. The summed E-state index contributed by atoms with van der Waals surface area (Å²) in [6, 6.07) is 5.81. The second-order valence-corrected chi connectivity index (χ2v) is 12.3. The van der Waals surface area contributed by atoms with Crippen LogP contribution in [0.15, 0.2) is 34.0 Å². The summed E-state index contributed by atoms with van der Waals surface area (Å²) < 4.78 is 22.6. The topological polar surface area (TPSA) is 96.5 Å². The average molecular weight is 607 g/mol. The number of hydrogen-bond acceptors (Lipinski definition) is 5. The molecule has 2 aromatic rings. The molecule has 0 bridgehead atoms. The molecule has 5 rings (SSSR count). The molecule has 2 heterocycles. The van der Waals surface area contributed by atoms with Gasteiger partial charge in [0.1, 0.15) is 0 Å². The van der Waals surface area contributed by atoms with Crippen LogP contribution in [-0.2, 0) is 15.0 Å². The van der Waals surface area contributed by atoms with Crippen LogP contribution in [0.5, 0.6) is 11.5 Å². The quantitative estimate of drug-likeness (QED) is 0.464. The van der Waals surface area contributed by atoms with Gasteiger partial charge in [-0.1, -0.05) is 0 Å². The van der Waals surface area contributed by atoms with E-state index in [0.717, 1.165) is 8.93 Å². The molecule has 2 aromatic carbocycles. The molecule has 3 N–H and O–H groups in total. The van der Waals surface area contributed by atoms with Crippen LogP contribution in [0.1, 0.15) is 18.4 Å². The van der Waals surface area contributed by atoms with E-state index in [2.05, 4.69) is 16.0 Å². The van der Waals surface area contributed by atoms with E-state index in [1.807, 2.05) is 0 Å². The predicted molar refractivity (Wildman–Crippen MR) is 115 cm³/mol. The molecule has 1 saturated carbocycles. The summed E-state index contributed by atoms with van der Waals surface area (Å²) >= 11 is 12.0. The van der Waals surface area contributed by atoms with E-state index in [4.69, 9.17) is 27.9 Å². The number of fused-ring (bicyclic) bond motifs is 2. The Morgan fingerprint density at radius 2 is 1.91 bits per heavy atom. The van der Waals surface area contributed by atoms with E-state index in [1.54, 1.807) is 10.1 Å². The number of rotatable bonds is 4. The molecule has 166 valence electrons. The van der Waals surface area contributed by atoms with Crippen molar-refractivity contribution in [1.29, 1.82) is 0 Å². The van der Waals surface area contributed by atoms with Crippen LogP contribution in [-0.4, -0.2) is 17.1 Å². The van der Waals surface area contributed by atoms with E-state index < -0.39 is 37.0 Å². The van der Waals surface area contributed by atoms with Gasteiger partial charge in [0, 0.05) is 5.69 Å². The van der Waals surface area contributed by atoms with Gasteiger partial charge in [-0.2, -0.15) is 0 Å². The minimum absolute atomic E-state index is 0.0137. The van der Waals surface area contributed by atoms with Gasteiger partial charge in [-0.15, -0.1) is 0 Å². The Balaban J connectivity index is 1.39. The number of benzene rings is 2. The Morgan fingerprint density at radius 3 is 2.56 bits per heavy atom. The first-order valence-electron chi connectivity index (χ1n) is 9.23. The third-order valence-corrected chi connectivity index (χ3v) is 9.57. The van der Waals surface area contributed by atoms with Crippen molar-refractivity contribution in [2.45, 2.75) is 18.3 Å². The van der Waals surface area contributed by atoms with E-state index >= 15 is 4.39 Å². The zero-order valence-corrected chi connectivity index (χ0v) is 20.3. The van der Waals surface area contributed by atoms with Crippen LogP contribution in [0.2, 0.25) is 10.0 Å². The summed E-state index contributed by atoms with van der Waals surface area (Å²) in [5, 5.41) is 7.64. The normalized spacial score (nSPS) is 18.2. The van der Waals surface area contributed by atoms with Gasteiger partial charge >= 0.3 is 165 Å². The van der Waals surface area contributed by atoms with Crippen LogP contribution in [0.4, 0.5) is 20.6 Å². The van der Waals surface area contributed by atoms with Crippen LogP contribution in [0, 0.1) is 5.82 Å². The summed E-state index contributed by atoms with van der Waals surface area (Å²) in [5.74, 6) is -1.44. The number of halogens is 4. The average Bonchev–Trinajstić information content (AvgIpc) is 3.48. The number of nitrogens with one attached hydrogen (secondary N) is 3. The molecule has 3 amide bonds. The van der Waals surface area contributed by atoms with Gasteiger partial charge in [0.2, 0.25) is 5.91 Å². The summed E-state index contributed by atoms with van der Waals surface area (Å²) in [5.41, 5.74) is 0.388. The van der Waals surface area contributed by atoms with Crippen molar-refractivity contribution in [1.82, 2.24) is 5.32 Å². The van der Waals surface area contributed by atoms with Gasteiger partial charge in [-0.05, 0) is 12.8 Å². The van der Waals surface area contributed by atoms with Gasteiger partial charge in [-0.25, -0.2) is 0 Å². The molecule has 1 aliphatic carbocycles. The SMILES string of the molecule is O=C1NC(C(=O)Nc2cc(Cl)c(Oc3ccc4c(c3F)C3(CC3)C(=O)N4)c(Cl)c2)=C[I-]S1. The van der Waals surface area contributed by atoms with Crippen LogP contribution in [0.25, 0.3) is 0 Å². The Labute approximate surface area is 204 Å². The monoisotopic (exact) mass is 606 g/mol. The molecule has 32 heavy (non-hydrogen) atoms. The molecule has 0 aromatic heterocycles. The molecule has 7 nitrogen and oxygen atoms in total. The van der Waals surface area contributed by atoms with E-state index in [1.165, 1.54) is 18.2 Å². The fourth-order valence-corrected chi connectivity index (χ4v) is 7.11. The molecule has 1 spiro atoms. The molecule has 3 aliphatic rings. The molecule has 0 saturated heterocycles. The zero-order valence-electron chi connectivity index (χ0n) is 15.9. The zero-order chi connectivity index (χ0) is 22.6. The Morgan fingerprint density at radius 1 is 1.19 bits per heavy atom. The van der Waals surface area contributed by atoms with Crippen molar-refractivity contribution in [2.24, 2.45) is 0 Å². The predicted octanol–water partition coefficient (Wildman–Crippen LogP) is 2.15. The maximum absolute atomic E-state index is 15.2. The van der Waals surface area contributed by atoms with Crippen LogP contribution < -0.4 is 40.5 Å². The van der Waals surface area contributed by atoms with Crippen molar-refractivity contribution < 1.29 is 43.3 Å². The van der Waals surface area contributed by atoms with Crippen molar-refractivity contribution in [3.05, 3.63) is 55.5 Å². The summed E-state index contributed by atoms with van der Waals surface area (Å²) in [4.78, 5) is 36.0. The Kier molecular flexibility index (Phi) is 5.51. The summed E-state index contributed by atoms with van der Waals surface area (Å²) in [6.07, 6.45) is 1.17.